The lowest BCUT2D eigenvalue weighted by atomic mass is 9.72. The maximum absolute atomic E-state index is 5.15. The van der Waals surface area contributed by atoms with Crippen LogP contribution in [0.15, 0.2) is 5.10 Å². The van der Waals surface area contributed by atoms with Crippen molar-refractivity contribution in [2.45, 2.75) is 66.3 Å². The summed E-state index contributed by atoms with van der Waals surface area (Å²) in [7, 11) is 0. The maximum atomic E-state index is 5.15. The van der Waals surface area contributed by atoms with Gasteiger partial charge in [-0.1, -0.05) is 20.8 Å². The molecular weight excluding hydrogens is 242 g/mol. The fraction of sp³-hybridized carbons (Fsp3) is 0.857. The molecule has 0 aromatic rings. The Morgan fingerprint density at radius 2 is 1.83 bits per heavy atom. The molecule has 0 radical (unpaired) electrons. The minimum Gasteiger partial charge on any atom is -0.359 e. The first-order valence-corrected chi connectivity index (χ1v) is 7.32. The van der Waals surface area contributed by atoms with E-state index in [1.54, 1.807) is 0 Å². The summed E-state index contributed by atoms with van der Waals surface area (Å²) < 4.78 is 0. The predicted octanol–water partition coefficient (Wildman–Crippen LogP) is 3.45. The van der Waals surface area contributed by atoms with Crippen LogP contribution in [0.25, 0.3) is 0 Å². The summed E-state index contributed by atoms with van der Waals surface area (Å²) in [6.45, 7) is 11.1. The molecule has 1 aliphatic rings. The Bertz CT molecular complexity index is 305. The lowest BCUT2D eigenvalue weighted by Gasteiger charge is -2.34. The molecule has 1 aliphatic carbocycles. The Hall–Kier alpha value is -0.640. The minimum atomic E-state index is 0.349. The van der Waals surface area contributed by atoms with Gasteiger partial charge in [0.15, 0.2) is 5.11 Å². The number of hydrogen-bond acceptors (Lipinski definition) is 2. The van der Waals surface area contributed by atoms with E-state index < -0.39 is 0 Å². The van der Waals surface area contributed by atoms with Crippen molar-refractivity contribution >= 4 is 23.0 Å². The Labute approximate surface area is 117 Å². The zero-order valence-electron chi connectivity index (χ0n) is 12.3. The second-order valence-electron chi connectivity index (χ2n) is 6.56. The second-order valence-corrected chi connectivity index (χ2v) is 6.97. The van der Waals surface area contributed by atoms with Gasteiger partial charge in [-0.25, -0.2) is 0 Å². The van der Waals surface area contributed by atoms with Crippen molar-refractivity contribution in [3.63, 3.8) is 0 Å². The standard InChI is InChI=1S/C14H27N3S/c1-10(2)15-13(18)17-16-12-8-6-11(7-9-12)14(3,4)5/h10-11H,6-9H2,1-5H3,(H2,15,17,18). The van der Waals surface area contributed by atoms with Crippen molar-refractivity contribution in [1.82, 2.24) is 10.7 Å². The molecule has 0 bridgehead atoms. The van der Waals surface area contributed by atoms with Crippen LogP contribution in [0.2, 0.25) is 0 Å². The number of thiocarbonyl (C=S) groups is 1. The smallest absolute Gasteiger partial charge is 0.187 e. The van der Waals surface area contributed by atoms with Gasteiger partial charge in [0.05, 0.1) is 0 Å². The number of hydrazone groups is 1. The van der Waals surface area contributed by atoms with E-state index in [9.17, 15) is 0 Å². The summed E-state index contributed by atoms with van der Waals surface area (Å²) in [4.78, 5) is 0. The van der Waals surface area contributed by atoms with Crippen molar-refractivity contribution in [1.29, 1.82) is 0 Å². The third-order valence-corrected chi connectivity index (χ3v) is 3.73. The first-order valence-electron chi connectivity index (χ1n) is 6.91. The van der Waals surface area contributed by atoms with Crippen molar-refractivity contribution < 1.29 is 0 Å². The van der Waals surface area contributed by atoms with Crippen LogP contribution in [0.5, 0.6) is 0 Å². The molecule has 0 amide bonds. The van der Waals surface area contributed by atoms with Gasteiger partial charge in [0.25, 0.3) is 0 Å². The van der Waals surface area contributed by atoms with E-state index in [2.05, 4.69) is 50.5 Å². The molecule has 0 aromatic carbocycles. The van der Waals surface area contributed by atoms with Gasteiger partial charge in [-0.15, -0.1) is 0 Å². The van der Waals surface area contributed by atoms with E-state index in [-0.39, 0.29) is 0 Å². The van der Waals surface area contributed by atoms with Crippen molar-refractivity contribution in [3.05, 3.63) is 0 Å². The summed E-state index contributed by atoms with van der Waals surface area (Å²) >= 11 is 5.15. The molecule has 0 heterocycles. The summed E-state index contributed by atoms with van der Waals surface area (Å²) in [5.41, 5.74) is 4.62. The normalized spacial score (nSPS) is 20.8. The molecule has 1 fully saturated rings. The third kappa shape index (κ3) is 5.34. The first-order chi connectivity index (χ1) is 8.29. The number of nitrogens with one attached hydrogen (secondary N) is 2. The van der Waals surface area contributed by atoms with Gasteiger partial charge >= 0.3 is 0 Å². The van der Waals surface area contributed by atoms with Gasteiger partial charge in [-0.05, 0) is 63.1 Å². The second kappa shape index (κ2) is 6.50. The average molecular weight is 269 g/mol. The zero-order chi connectivity index (χ0) is 13.8. The number of rotatable bonds is 2. The van der Waals surface area contributed by atoms with Crippen LogP contribution in [0, 0.1) is 11.3 Å². The Kier molecular flexibility index (Phi) is 5.57. The van der Waals surface area contributed by atoms with Crippen molar-refractivity contribution in [2.24, 2.45) is 16.4 Å². The number of hydrogen-bond donors (Lipinski definition) is 2. The molecule has 4 heteroatoms. The SMILES string of the molecule is CC(C)NC(=S)NN=C1CCC(C(C)(C)C)CC1. The molecule has 3 nitrogen and oxygen atoms in total. The molecule has 2 N–H and O–H groups in total. The van der Waals surface area contributed by atoms with E-state index in [0.29, 0.717) is 16.6 Å². The highest BCUT2D eigenvalue weighted by atomic mass is 32.1. The van der Waals surface area contributed by atoms with Gasteiger partial charge in [-0.2, -0.15) is 5.10 Å². The van der Waals surface area contributed by atoms with Crippen LogP contribution < -0.4 is 10.7 Å². The van der Waals surface area contributed by atoms with Crippen LogP contribution in [-0.4, -0.2) is 16.9 Å². The minimum absolute atomic E-state index is 0.349. The molecule has 0 unspecified atom stereocenters. The number of nitrogens with zero attached hydrogens (tertiary/aromatic N) is 1. The maximum Gasteiger partial charge on any atom is 0.187 e. The van der Waals surface area contributed by atoms with Gasteiger partial charge in [0, 0.05) is 11.8 Å². The highest BCUT2D eigenvalue weighted by Crippen LogP contribution is 2.36. The highest BCUT2D eigenvalue weighted by Gasteiger charge is 2.27. The van der Waals surface area contributed by atoms with Gasteiger partial charge < -0.3 is 5.32 Å². The predicted molar refractivity (Wildman–Crippen MR) is 82.9 cm³/mol. The van der Waals surface area contributed by atoms with E-state index in [0.717, 1.165) is 18.8 Å². The van der Waals surface area contributed by atoms with E-state index in [1.807, 2.05) is 0 Å². The Morgan fingerprint density at radius 1 is 1.28 bits per heavy atom. The Balaban J connectivity index is 2.36. The molecule has 0 spiro atoms. The summed E-state index contributed by atoms with van der Waals surface area (Å²) in [5.74, 6) is 0.817. The van der Waals surface area contributed by atoms with Crippen LogP contribution in [0.1, 0.15) is 60.3 Å². The molecule has 0 saturated heterocycles. The van der Waals surface area contributed by atoms with E-state index >= 15 is 0 Å². The monoisotopic (exact) mass is 269 g/mol. The fourth-order valence-corrected chi connectivity index (χ4v) is 2.63. The van der Waals surface area contributed by atoms with Crippen molar-refractivity contribution in [2.75, 3.05) is 0 Å². The molecule has 0 atom stereocenters. The van der Waals surface area contributed by atoms with E-state index in [4.69, 9.17) is 12.2 Å². The molecule has 18 heavy (non-hydrogen) atoms. The van der Waals surface area contributed by atoms with Crippen molar-refractivity contribution in [3.8, 4) is 0 Å². The molecule has 1 saturated carbocycles. The van der Waals surface area contributed by atoms with Gasteiger partial charge in [0.1, 0.15) is 0 Å². The molecular formula is C14H27N3S. The first kappa shape index (κ1) is 15.4. The zero-order valence-corrected chi connectivity index (χ0v) is 13.2. The topological polar surface area (TPSA) is 36.4 Å². The highest BCUT2D eigenvalue weighted by molar-refractivity contribution is 7.80. The lowest BCUT2D eigenvalue weighted by molar-refractivity contribution is 0.208. The van der Waals surface area contributed by atoms with Gasteiger partial charge in [0.2, 0.25) is 0 Å². The van der Waals surface area contributed by atoms with Crippen LogP contribution in [0.4, 0.5) is 0 Å². The Morgan fingerprint density at radius 3 is 2.28 bits per heavy atom. The molecule has 104 valence electrons. The largest absolute Gasteiger partial charge is 0.359 e. The third-order valence-electron chi connectivity index (χ3n) is 3.52. The molecule has 1 rings (SSSR count). The van der Waals surface area contributed by atoms with Crippen LogP contribution in [-0.2, 0) is 0 Å². The van der Waals surface area contributed by atoms with E-state index in [1.165, 1.54) is 18.6 Å². The fourth-order valence-electron chi connectivity index (χ4n) is 2.35. The molecule has 0 aromatic heterocycles. The summed E-state index contributed by atoms with van der Waals surface area (Å²) in [5, 5.41) is 8.17. The quantitative estimate of drug-likeness (QED) is 0.595. The summed E-state index contributed by atoms with van der Waals surface area (Å²) in [6.07, 6.45) is 4.68. The average Bonchev–Trinajstić information content (AvgIpc) is 2.25. The van der Waals surface area contributed by atoms with Crippen LogP contribution >= 0.6 is 12.2 Å². The lowest BCUT2D eigenvalue weighted by Crippen LogP contribution is -2.37. The van der Waals surface area contributed by atoms with Crippen LogP contribution in [0.3, 0.4) is 0 Å². The van der Waals surface area contributed by atoms with Gasteiger partial charge in [-0.3, -0.25) is 5.43 Å². The molecule has 0 aliphatic heterocycles. The summed E-state index contributed by atoms with van der Waals surface area (Å²) in [6, 6.07) is 0.349.